The molecule has 0 saturated heterocycles. The predicted molar refractivity (Wildman–Crippen MR) is 609 cm³/mol. The highest BCUT2D eigenvalue weighted by molar-refractivity contribution is 7.19. The van der Waals surface area contributed by atoms with Gasteiger partial charge in [-0.25, -0.2) is 0 Å². The van der Waals surface area contributed by atoms with Crippen molar-refractivity contribution in [3.05, 3.63) is 406 Å². The van der Waals surface area contributed by atoms with Crippen molar-refractivity contribution < 1.29 is 18.9 Å². The molecule has 12 heteroatoms. The van der Waals surface area contributed by atoms with Crippen LogP contribution in [0.2, 0.25) is 0 Å². The molecule has 0 radical (unpaired) electrons. The normalized spacial score (nSPS) is 14.5. The van der Waals surface area contributed by atoms with E-state index in [1.807, 2.05) is 11.3 Å². The molecule has 1 spiro atoms. The summed E-state index contributed by atoms with van der Waals surface area (Å²) in [6.07, 6.45) is 0. The van der Waals surface area contributed by atoms with Crippen molar-refractivity contribution in [3.63, 3.8) is 0 Å². The fraction of sp³-hybridized carbons (Fsp3) is 0.212. The van der Waals surface area contributed by atoms with Gasteiger partial charge in [-0.1, -0.05) is 333 Å². The molecule has 0 fully saturated rings. The van der Waals surface area contributed by atoms with Crippen LogP contribution in [-0.2, 0) is 43.3 Å². The van der Waals surface area contributed by atoms with Crippen molar-refractivity contribution >= 4 is 151 Å². The third kappa shape index (κ3) is 13.4. The molecule has 27 rings (SSSR count). The van der Waals surface area contributed by atoms with Gasteiger partial charge >= 0.3 is 0 Å². The molecule has 0 unspecified atom stereocenters. The molecule has 10 heterocycles. The highest BCUT2D eigenvalue weighted by Gasteiger charge is 2.54. The fourth-order valence-electron chi connectivity index (χ4n) is 24.5. The predicted octanol–water partition coefficient (Wildman–Crippen LogP) is 32.2. The maximum absolute atomic E-state index is 7.24. The quantitative estimate of drug-likeness (QED) is 0.155. The largest absolute Gasteiger partial charge is 0.458 e. The Bertz CT molecular complexity index is 8600. The van der Waals surface area contributed by atoms with Crippen LogP contribution in [0.25, 0.3) is 103 Å². The summed E-state index contributed by atoms with van der Waals surface area (Å²) in [5.41, 5.74) is 36.2. The number of nitrogens with zero attached hydrogens (tertiary/aromatic N) is 4. The fourth-order valence-corrected chi connectivity index (χ4v) is 26.8. The van der Waals surface area contributed by atoms with Gasteiger partial charge in [0.15, 0.2) is 0 Å². The van der Waals surface area contributed by atoms with E-state index in [2.05, 4.69) is 496 Å². The standard InChI is InChI=1S/C82H82BN3O2S.C50H34BNO2S/c1-77(2,3)48-27-33-62-54(41-48)55-42-49(78(4,5)6)28-34-63(55)84(62)73-74(85-64-35-29-50(79(7,8)9)43-56(64)57-44-51(80(10,11)12)30-36-65(57)85)76(86-66-37-31-52(81(13,14)15)45-58(66)59-46-53(82(16,17)18)32-38-67(59)86)89-75(73)47-39-70-72-71(40-47)88-69-26-22-20-24-61(69)83(72)60-23-19-21-25-68(60)87-70;1-49(2)33-15-3-5-17-35(33)50(36-18-6-4-16-34(36)49)37-19-7-11-23-41(37)52(42-24-12-8-20-38(42)50)48-32(27-28-55-48)31-29-45-47-46(30-31)54-44-26-14-10-22-40(44)51(47)39-21-9-13-25-43(39)53-45/h19-46H,1-18H3;3-30H,1-2H3. The minimum absolute atomic E-state index is 0.0409. The van der Waals surface area contributed by atoms with E-state index >= 15 is 0 Å². The van der Waals surface area contributed by atoms with Crippen molar-refractivity contribution in [3.8, 4) is 83.9 Å². The number of anilines is 3. The Kier molecular flexibility index (Phi) is 19.6. The zero-order chi connectivity index (χ0) is 99.0. The van der Waals surface area contributed by atoms with Gasteiger partial charge in [0.2, 0.25) is 0 Å². The second-order valence-electron chi connectivity index (χ2n) is 47.5. The van der Waals surface area contributed by atoms with Gasteiger partial charge in [0.05, 0.1) is 60.5 Å². The number of hydrogen-bond acceptors (Lipinski definition) is 7. The third-order valence-electron chi connectivity index (χ3n) is 32.1. The Balaban J connectivity index is 0.000000164. The molecule has 5 aliphatic heterocycles. The van der Waals surface area contributed by atoms with E-state index < -0.39 is 5.41 Å². The second kappa shape index (κ2) is 31.5. The van der Waals surface area contributed by atoms with Gasteiger partial charge in [-0.2, -0.15) is 0 Å². The number of ether oxygens (including phenoxy) is 4. The van der Waals surface area contributed by atoms with E-state index in [4.69, 9.17) is 18.9 Å². The number of hydrogen-bond donors (Lipinski definition) is 0. The van der Waals surface area contributed by atoms with Gasteiger partial charge < -0.3 is 33.0 Å². The summed E-state index contributed by atoms with van der Waals surface area (Å²) in [6.45, 7) is 46.8. The number of aromatic nitrogens is 3. The van der Waals surface area contributed by atoms with Crippen LogP contribution >= 0.6 is 22.7 Å². The summed E-state index contributed by atoms with van der Waals surface area (Å²) < 4.78 is 35.9. The zero-order valence-corrected chi connectivity index (χ0v) is 87.4. The smallest absolute Gasteiger partial charge is 0.260 e. The molecule has 0 saturated carbocycles. The van der Waals surface area contributed by atoms with Crippen molar-refractivity contribution in [2.24, 2.45) is 0 Å². The van der Waals surface area contributed by atoms with Gasteiger partial charge in [-0.3, -0.25) is 4.57 Å². The van der Waals surface area contributed by atoms with Gasteiger partial charge in [-0.15, -0.1) is 22.7 Å². The lowest BCUT2D eigenvalue weighted by molar-refractivity contribution is 0.464. The maximum atomic E-state index is 7.24. The summed E-state index contributed by atoms with van der Waals surface area (Å²) in [5, 5.41) is 11.9. The topological polar surface area (TPSA) is 55.0 Å². The number of thiophene rings is 2. The molecule has 1 aliphatic carbocycles. The number of benzene rings is 16. The first-order chi connectivity index (χ1) is 69.0. The van der Waals surface area contributed by atoms with Crippen LogP contribution in [0.5, 0.6) is 46.0 Å². The van der Waals surface area contributed by atoms with Crippen LogP contribution in [0.15, 0.2) is 339 Å². The minimum atomic E-state index is -0.503. The molecular formula is C132H116B2N4O4S2. The van der Waals surface area contributed by atoms with Gasteiger partial charge in [-0.05, 0) is 272 Å². The highest BCUT2D eigenvalue weighted by atomic mass is 32.1. The summed E-state index contributed by atoms with van der Waals surface area (Å²) in [6, 6.07) is 125. The van der Waals surface area contributed by atoms with Gasteiger partial charge in [0.1, 0.15) is 61.7 Å². The van der Waals surface area contributed by atoms with E-state index in [9.17, 15) is 0 Å². The molecule has 706 valence electrons. The first-order valence-corrected chi connectivity index (χ1v) is 52.8. The molecule has 0 atom stereocenters. The Morgan fingerprint density at radius 1 is 0.257 bits per heavy atom. The van der Waals surface area contributed by atoms with Crippen LogP contribution < -0.4 is 56.6 Å². The first kappa shape index (κ1) is 89.5. The molecule has 144 heavy (non-hydrogen) atoms. The van der Waals surface area contributed by atoms with Gasteiger partial charge in [0.25, 0.3) is 13.4 Å². The Hall–Kier alpha value is -14.6. The van der Waals surface area contributed by atoms with Gasteiger partial charge in [0, 0.05) is 59.8 Å². The second-order valence-corrected chi connectivity index (χ2v) is 49.4. The van der Waals surface area contributed by atoms with Crippen LogP contribution in [0.1, 0.15) is 205 Å². The summed E-state index contributed by atoms with van der Waals surface area (Å²) >= 11 is 3.65. The molecule has 0 bridgehead atoms. The highest BCUT2D eigenvalue weighted by Crippen LogP contribution is 2.65. The van der Waals surface area contributed by atoms with Crippen LogP contribution in [0, 0.1) is 0 Å². The zero-order valence-electron chi connectivity index (χ0n) is 85.7. The van der Waals surface area contributed by atoms with Crippen molar-refractivity contribution in [1.82, 2.24) is 13.7 Å². The first-order valence-electron chi connectivity index (χ1n) is 51.1. The monoisotopic (exact) mass is 1910 g/mol. The summed E-state index contributed by atoms with van der Waals surface area (Å²) in [5.74, 6) is 6.84. The van der Waals surface area contributed by atoms with E-state index in [0.717, 1.165) is 133 Å². The Morgan fingerprint density at radius 2 is 0.535 bits per heavy atom. The lowest BCUT2D eigenvalue weighted by Crippen LogP contribution is -2.57. The van der Waals surface area contributed by atoms with E-state index in [1.54, 1.807) is 11.3 Å². The number of fused-ring (bicyclic) bond motifs is 25. The molecule has 21 aromatic rings. The molecule has 0 N–H and O–H groups in total. The lowest BCUT2D eigenvalue weighted by Gasteiger charge is -2.52. The SMILES string of the molecule is CC(C)(C)c1ccc2c(c1)c1cc(C(C)(C)C)ccc1n2-c1sc(-c2cc3c4c(c2)Oc2ccccc2B4c2ccccc2O3)c(-n2c3ccc(C(C)(C)C)cc3c3cc(C(C)(C)C)ccc32)c1-n1c2ccc(C(C)(C)C)cc2c2cc(C(C)(C)C)ccc21.CC1(C)c2ccccc2C2(c3ccccc3N(c3sccc3-c3cc4c5c(c3)Oc3ccccc3B5c3ccccc3O4)c3ccccc32)c2ccccc21. The van der Waals surface area contributed by atoms with Crippen LogP contribution in [-0.4, -0.2) is 27.1 Å². The van der Waals surface area contributed by atoms with E-state index in [1.165, 1.54) is 132 Å². The van der Waals surface area contributed by atoms with Crippen molar-refractivity contribution in [2.75, 3.05) is 4.90 Å². The van der Waals surface area contributed by atoms with Crippen molar-refractivity contribution in [2.45, 2.75) is 182 Å². The average molecular weight is 1910 g/mol. The van der Waals surface area contributed by atoms with Crippen LogP contribution in [0.3, 0.4) is 0 Å². The van der Waals surface area contributed by atoms with Crippen molar-refractivity contribution in [1.29, 1.82) is 0 Å². The lowest BCUT2D eigenvalue weighted by atomic mass is 9.35. The molecule has 0 amide bonds. The molecule has 6 aliphatic rings. The number of para-hydroxylation sites is 6. The minimum Gasteiger partial charge on any atom is -0.458 e. The van der Waals surface area contributed by atoms with E-state index in [0.29, 0.717) is 0 Å². The molecule has 8 nitrogen and oxygen atoms in total. The Labute approximate surface area is 853 Å². The average Bonchev–Trinajstić information content (AvgIpc) is 0.783. The Morgan fingerprint density at radius 3 is 0.861 bits per heavy atom. The van der Waals surface area contributed by atoms with E-state index in [-0.39, 0.29) is 51.3 Å². The van der Waals surface area contributed by atoms with Crippen LogP contribution in [0.4, 0.5) is 16.4 Å². The number of rotatable bonds is 6. The molecule has 16 aromatic carbocycles. The summed E-state index contributed by atoms with van der Waals surface area (Å²) in [7, 11) is 0. The summed E-state index contributed by atoms with van der Waals surface area (Å²) in [4.78, 5) is 3.61. The molecular weight excluding hydrogens is 1790 g/mol. The molecule has 5 aromatic heterocycles. The maximum Gasteiger partial charge on any atom is 0.260 e. The third-order valence-corrected chi connectivity index (χ3v) is 34.2.